The van der Waals surface area contributed by atoms with E-state index in [1.54, 1.807) is 7.05 Å². The fourth-order valence-corrected chi connectivity index (χ4v) is 1.95. The van der Waals surface area contributed by atoms with Crippen molar-refractivity contribution >= 4 is 5.97 Å². The second-order valence-electron chi connectivity index (χ2n) is 4.88. The van der Waals surface area contributed by atoms with Gasteiger partial charge in [0, 0.05) is 0 Å². The number of hydrogen-bond donors (Lipinski definition) is 0. The Bertz CT molecular complexity index is 189. The number of esters is 1. The average Bonchev–Trinajstić information content (AvgIpc) is 2.36. The molecule has 19 heavy (non-hydrogen) atoms. The molecular weight excluding hydrogens is 249 g/mol. The standard InChI is InChI=1S/C15H30NO2.Na/c1-3-4-5-6-7-8-9-10-11-12-13-18-15(17)14-16-2;/h3-14H2,1-2H3;/q-1;+1. The summed E-state index contributed by atoms with van der Waals surface area (Å²) in [6, 6.07) is 0. The van der Waals surface area contributed by atoms with Crippen LogP contribution in [0.25, 0.3) is 5.32 Å². The summed E-state index contributed by atoms with van der Waals surface area (Å²) < 4.78 is 5.02. The third-order valence-corrected chi connectivity index (χ3v) is 3.05. The van der Waals surface area contributed by atoms with Crippen LogP contribution in [0.4, 0.5) is 0 Å². The van der Waals surface area contributed by atoms with E-state index in [2.05, 4.69) is 12.2 Å². The van der Waals surface area contributed by atoms with Gasteiger partial charge in [0.1, 0.15) is 0 Å². The van der Waals surface area contributed by atoms with E-state index in [0.29, 0.717) is 6.61 Å². The minimum atomic E-state index is -0.201. The first-order valence-electron chi connectivity index (χ1n) is 7.52. The normalized spacial score (nSPS) is 10.0. The Morgan fingerprint density at radius 2 is 1.37 bits per heavy atom. The summed E-state index contributed by atoms with van der Waals surface area (Å²) in [7, 11) is 1.63. The molecule has 0 rings (SSSR count). The zero-order chi connectivity index (χ0) is 13.5. The van der Waals surface area contributed by atoms with Crippen LogP contribution in [0.2, 0.25) is 0 Å². The van der Waals surface area contributed by atoms with Crippen molar-refractivity contribution in [2.75, 3.05) is 20.2 Å². The Morgan fingerprint density at radius 1 is 0.895 bits per heavy atom. The fraction of sp³-hybridized carbons (Fsp3) is 0.933. The van der Waals surface area contributed by atoms with Crippen LogP contribution in [0.15, 0.2) is 0 Å². The van der Waals surface area contributed by atoms with E-state index >= 15 is 0 Å². The average molecular weight is 279 g/mol. The van der Waals surface area contributed by atoms with Gasteiger partial charge in [-0.15, -0.1) is 0 Å². The van der Waals surface area contributed by atoms with Crippen molar-refractivity contribution in [1.29, 1.82) is 0 Å². The maximum absolute atomic E-state index is 11.0. The topological polar surface area (TPSA) is 40.4 Å². The number of carbonyl (C=O) groups is 1. The van der Waals surface area contributed by atoms with Crippen LogP contribution in [0.3, 0.4) is 0 Å². The minimum Gasteiger partial charge on any atom is -0.656 e. The largest absolute Gasteiger partial charge is 1.00 e. The molecule has 0 aromatic carbocycles. The van der Waals surface area contributed by atoms with E-state index in [4.69, 9.17) is 4.74 Å². The smallest absolute Gasteiger partial charge is 0.656 e. The second-order valence-corrected chi connectivity index (χ2v) is 4.88. The molecule has 0 aliphatic rings. The van der Waals surface area contributed by atoms with E-state index in [9.17, 15) is 4.79 Å². The van der Waals surface area contributed by atoms with Gasteiger partial charge in [0.2, 0.25) is 0 Å². The Morgan fingerprint density at radius 3 is 1.84 bits per heavy atom. The van der Waals surface area contributed by atoms with Crippen molar-refractivity contribution in [2.24, 2.45) is 0 Å². The number of likely N-dealkylation sites (N-methyl/N-ethyl adjacent to an activating group) is 1. The summed E-state index contributed by atoms with van der Waals surface area (Å²) in [6.07, 6.45) is 13.0. The molecule has 3 nitrogen and oxygen atoms in total. The molecule has 0 bridgehead atoms. The van der Waals surface area contributed by atoms with Crippen LogP contribution in [-0.4, -0.2) is 26.2 Å². The van der Waals surface area contributed by atoms with Gasteiger partial charge in [0.15, 0.2) is 0 Å². The number of ether oxygens (including phenoxy) is 1. The second kappa shape index (κ2) is 18.4. The van der Waals surface area contributed by atoms with Crippen molar-refractivity contribution in [1.82, 2.24) is 0 Å². The summed E-state index contributed by atoms with van der Waals surface area (Å²) in [4.78, 5) is 11.0. The van der Waals surface area contributed by atoms with Gasteiger partial charge in [-0.25, -0.2) is 0 Å². The molecule has 0 spiro atoms. The molecular formula is C15H30NNaO2. The van der Waals surface area contributed by atoms with E-state index in [1.165, 1.54) is 57.8 Å². The molecule has 0 radical (unpaired) electrons. The number of rotatable bonds is 13. The number of nitrogens with zero attached hydrogens (tertiary/aromatic N) is 1. The van der Waals surface area contributed by atoms with E-state index in [1.807, 2.05) is 0 Å². The number of hydrogen-bond acceptors (Lipinski definition) is 2. The summed E-state index contributed by atoms with van der Waals surface area (Å²) in [5.41, 5.74) is 0. The van der Waals surface area contributed by atoms with E-state index in [-0.39, 0.29) is 42.1 Å². The van der Waals surface area contributed by atoms with Gasteiger partial charge in [0.25, 0.3) is 5.97 Å². The summed E-state index contributed by atoms with van der Waals surface area (Å²) in [6.45, 7) is 3.00. The van der Waals surface area contributed by atoms with Crippen LogP contribution in [-0.2, 0) is 9.53 Å². The van der Waals surface area contributed by atoms with Crippen molar-refractivity contribution in [3.8, 4) is 0 Å². The summed E-state index contributed by atoms with van der Waals surface area (Å²) >= 11 is 0. The summed E-state index contributed by atoms with van der Waals surface area (Å²) in [5.74, 6) is -0.201. The summed E-state index contributed by atoms with van der Waals surface area (Å²) in [5, 5.41) is 3.73. The van der Waals surface area contributed by atoms with Gasteiger partial charge in [-0.1, -0.05) is 64.7 Å². The SMILES string of the molecule is CCCCCCCCCCCCOC(=O)C[N-]C.[Na+]. The minimum absolute atomic E-state index is 0. The predicted octanol–water partition coefficient (Wildman–Crippen LogP) is 1.46. The van der Waals surface area contributed by atoms with Crippen LogP contribution in [0, 0.1) is 0 Å². The van der Waals surface area contributed by atoms with Crippen LogP contribution < -0.4 is 29.6 Å². The molecule has 0 aliphatic carbocycles. The molecule has 4 heteroatoms. The quantitative estimate of drug-likeness (QED) is 0.291. The molecule has 0 unspecified atom stereocenters. The molecule has 0 aromatic rings. The number of carbonyl (C=O) groups excluding carboxylic acids is 1. The van der Waals surface area contributed by atoms with Crippen molar-refractivity contribution in [3.63, 3.8) is 0 Å². The molecule has 0 saturated heterocycles. The van der Waals surface area contributed by atoms with Gasteiger partial charge >= 0.3 is 29.6 Å². The fourth-order valence-electron chi connectivity index (χ4n) is 1.95. The Balaban J connectivity index is 0. The molecule has 0 amide bonds. The van der Waals surface area contributed by atoms with Crippen molar-refractivity contribution < 1.29 is 39.1 Å². The molecule has 0 aliphatic heterocycles. The van der Waals surface area contributed by atoms with Gasteiger partial charge < -0.3 is 10.1 Å². The van der Waals surface area contributed by atoms with Crippen LogP contribution >= 0.6 is 0 Å². The van der Waals surface area contributed by atoms with Gasteiger partial charge in [-0.3, -0.25) is 4.79 Å². The first kappa shape index (κ1) is 21.7. The van der Waals surface area contributed by atoms with Crippen LogP contribution in [0.1, 0.15) is 71.1 Å². The maximum Gasteiger partial charge on any atom is 1.00 e. The zero-order valence-corrected chi connectivity index (χ0v) is 15.2. The van der Waals surface area contributed by atoms with Crippen molar-refractivity contribution in [3.05, 3.63) is 5.32 Å². The third kappa shape index (κ3) is 18.4. The van der Waals surface area contributed by atoms with E-state index < -0.39 is 0 Å². The third-order valence-electron chi connectivity index (χ3n) is 3.05. The number of unbranched alkanes of at least 4 members (excludes halogenated alkanes) is 9. The Labute approximate surface area is 141 Å². The molecule has 0 aromatic heterocycles. The molecule has 0 atom stereocenters. The van der Waals surface area contributed by atoms with Gasteiger partial charge in [0.05, 0.1) is 6.61 Å². The first-order valence-corrected chi connectivity index (χ1v) is 7.52. The maximum atomic E-state index is 11.0. The Hall–Kier alpha value is 0.430. The van der Waals surface area contributed by atoms with E-state index in [0.717, 1.165) is 6.42 Å². The Kier molecular flexibility index (Phi) is 21.1. The van der Waals surface area contributed by atoms with Crippen molar-refractivity contribution in [2.45, 2.75) is 71.1 Å². The molecule has 0 saturated carbocycles. The monoisotopic (exact) mass is 279 g/mol. The van der Waals surface area contributed by atoms with Gasteiger partial charge in [-0.2, -0.15) is 7.05 Å². The molecule has 0 fully saturated rings. The molecule has 108 valence electrons. The molecule has 0 N–H and O–H groups in total. The van der Waals surface area contributed by atoms with Gasteiger partial charge in [-0.05, 0) is 13.0 Å². The predicted molar refractivity (Wildman–Crippen MR) is 77.0 cm³/mol. The first-order chi connectivity index (χ1) is 8.81. The zero-order valence-electron chi connectivity index (χ0n) is 13.2. The van der Waals surface area contributed by atoms with Crippen LogP contribution in [0.5, 0.6) is 0 Å². The molecule has 0 heterocycles.